The molecule has 0 radical (unpaired) electrons. The standard InChI is InChI=1S/C10H9BrN2O2/c1-6(14)12-5-9-3-7-2-8(11)4-13-10(7)15-9/h2-4H,5H2,1H3,(H,12,14). The second-order valence-corrected chi connectivity index (χ2v) is 4.09. The number of nitrogens with one attached hydrogen (secondary N) is 1. The van der Waals surface area contributed by atoms with Crippen LogP contribution in [0.4, 0.5) is 0 Å². The Labute approximate surface area is 94.8 Å². The normalized spacial score (nSPS) is 10.5. The van der Waals surface area contributed by atoms with Crippen LogP contribution in [-0.2, 0) is 11.3 Å². The van der Waals surface area contributed by atoms with Crippen molar-refractivity contribution in [1.82, 2.24) is 10.3 Å². The van der Waals surface area contributed by atoms with Crippen LogP contribution in [0.3, 0.4) is 0 Å². The van der Waals surface area contributed by atoms with Gasteiger partial charge in [0.2, 0.25) is 11.6 Å². The molecule has 0 saturated carbocycles. The highest BCUT2D eigenvalue weighted by atomic mass is 79.9. The van der Waals surface area contributed by atoms with Gasteiger partial charge in [0.05, 0.1) is 6.54 Å². The fraction of sp³-hybridized carbons (Fsp3) is 0.200. The monoisotopic (exact) mass is 268 g/mol. The molecule has 78 valence electrons. The highest BCUT2D eigenvalue weighted by Gasteiger charge is 2.05. The van der Waals surface area contributed by atoms with Gasteiger partial charge in [-0.15, -0.1) is 0 Å². The van der Waals surface area contributed by atoms with Gasteiger partial charge < -0.3 is 9.73 Å². The lowest BCUT2D eigenvalue weighted by Gasteiger charge is -1.95. The van der Waals surface area contributed by atoms with Gasteiger partial charge in [-0.25, -0.2) is 4.98 Å². The van der Waals surface area contributed by atoms with Crippen LogP contribution >= 0.6 is 15.9 Å². The van der Waals surface area contributed by atoms with E-state index in [4.69, 9.17) is 4.42 Å². The van der Waals surface area contributed by atoms with E-state index >= 15 is 0 Å². The molecule has 4 nitrogen and oxygen atoms in total. The zero-order valence-corrected chi connectivity index (χ0v) is 9.67. The number of carbonyl (C=O) groups excluding carboxylic acids is 1. The van der Waals surface area contributed by atoms with Crippen molar-refractivity contribution in [3.63, 3.8) is 0 Å². The Bertz CT molecular complexity index is 507. The van der Waals surface area contributed by atoms with Crippen LogP contribution in [-0.4, -0.2) is 10.9 Å². The molecule has 0 spiro atoms. The van der Waals surface area contributed by atoms with Crippen LogP contribution in [0.1, 0.15) is 12.7 Å². The molecule has 0 fully saturated rings. The maximum Gasteiger partial charge on any atom is 0.226 e. The summed E-state index contributed by atoms with van der Waals surface area (Å²) in [5.74, 6) is 0.621. The maximum atomic E-state index is 10.7. The third-order valence-corrected chi connectivity index (χ3v) is 2.33. The summed E-state index contributed by atoms with van der Waals surface area (Å²) in [6, 6.07) is 3.78. The molecule has 2 aromatic rings. The zero-order valence-electron chi connectivity index (χ0n) is 8.08. The number of hydrogen-bond acceptors (Lipinski definition) is 3. The van der Waals surface area contributed by atoms with E-state index in [1.54, 1.807) is 6.20 Å². The molecule has 2 aromatic heterocycles. The van der Waals surface area contributed by atoms with E-state index in [1.165, 1.54) is 6.92 Å². The summed E-state index contributed by atoms with van der Waals surface area (Å²) < 4.78 is 6.33. The zero-order chi connectivity index (χ0) is 10.8. The van der Waals surface area contributed by atoms with Gasteiger partial charge in [0, 0.05) is 23.0 Å². The first-order valence-electron chi connectivity index (χ1n) is 4.43. The number of rotatable bonds is 2. The predicted octanol–water partition coefficient (Wildman–Crippen LogP) is 2.23. The lowest BCUT2D eigenvalue weighted by Crippen LogP contribution is -2.18. The third-order valence-electron chi connectivity index (χ3n) is 1.90. The number of fused-ring (bicyclic) bond motifs is 1. The number of aromatic nitrogens is 1. The van der Waals surface area contributed by atoms with Crippen LogP contribution < -0.4 is 5.32 Å². The lowest BCUT2D eigenvalue weighted by atomic mass is 10.3. The third kappa shape index (κ3) is 2.36. The van der Waals surface area contributed by atoms with Crippen molar-refractivity contribution in [3.05, 3.63) is 28.6 Å². The first kappa shape index (κ1) is 10.2. The number of halogens is 1. The van der Waals surface area contributed by atoms with Crippen molar-refractivity contribution in [1.29, 1.82) is 0 Å². The van der Waals surface area contributed by atoms with Crippen molar-refractivity contribution in [2.24, 2.45) is 0 Å². The van der Waals surface area contributed by atoms with Gasteiger partial charge in [-0.05, 0) is 28.1 Å². The van der Waals surface area contributed by atoms with Gasteiger partial charge in [-0.2, -0.15) is 0 Å². The van der Waals surface area contributed by atoms with E-state index in [1.807, 2.05) is 12.1 Å². The number of furan rings is 1. The van der Waals surface area contributed by atoms with Gasteiger partial charge in [-0.1, -0.05) is 0 Å². The lowest BCUT2D eigenvalue weighted by molar-refractivity contribution is -0.119. The van der Waals surface area contributed by atoms with Gasteiger partial charge in [0.1, 0.15) is 5.76 Å². The average Bonchev–Trinajstić information content (AvgIpc) is 2.56. The highest BCUT2D eigenvalue weighted by molar-refractivity contribution is 9.10. The fourth-order valence-corrected chi connectivity index (χ4v) is 1.61. The van der Waals surface area contributed by atoms with Crippen LogP contribution in [0.5, 0.6) is 0 Å². The van der Waals surface area contributed by atoms with Crippen molar-refractivity contribution in [2.45, 2.75) is 13.5 Å². The minimum Gasteiger partial charge on any atom is -0.441 e. The van der Waals surface area contributed by atoms with Crippen molar-refractivity contribution in [3.8, 4) is 0 Å². The van der Waals surface area contributed by atoms with Crippen LogP contribution in [0.15, 0.2) is 27.2 Å². The minimum absolute atomic E-state index is 0.0791. The molecular formula is C10H9BrN2O2. The van der Waals surface area contributed by atoms with Gasteiger partial charge >= 0.3 is 0 Å². The molecule has 0 aliphatic carbocycles. The molecule has 2 heterocycles. The fourth-order valence-electron chi connectivity index (χ4n) is 1.26. The summed E-state index contributed by atoms with van der Waals surface area (Å²) >= 11 is 3.33. The molecule has 2 rings (SSSR count). The number of pyridine rings is 1. The number of carbonyl (C=O) groups is 1. The van der Waals surface area contributed by atoms with Gasteiger partial charge in [0.25, 0.3) is 0 Å². The average molecular weight is 269 g/mol. The van der Waals surface area contributed by atoms with Crippen LogP contribution in [0.25, 0.3) is 11.1 Å². The number of hydrogen-bond donors (Lipinski definition) is 1. The van der Waals surface area contributed by atoms with E-state index in [9.17, 15) is 4.79 Å². The van der Waals surface area contributed by atoms with Gasteiger partial charge in [-0.3, -0.25) is 4.79 Å². The molecule has 1 amide bonds. The Kier molecular flexibility index (Phi) is 2.73. The molecule has 5 heteroatoms. The van der Waals surface area contributed by atoms with E-state index < -0.39 is 0 Å². The second-order valence-electron chi connectivity index (χ2n) is 3.17. The largest absolute Gasteiger partial charge is 0.441 e. The predicted molar refractivity (Wildman–Crippen MR) is 59.2 cm³/mol. The molecule has 1 N–H and O–H groups in total. The summed E-state index contributed by atoms with van der Waals surface area (Å²) in [5.41, 5.74) is 0.582. The molecule has 0 aliphatic rings. The first-order valence-corrected chi connectivity index (χ1v) is 5.23. The molecule has 15 heavy (non-hydrogen) atoms. The van der Waals surface area contributed by atoms with Crippen LogP contribution in [0, 0.1) is 0 Å². The second kappa shape index (κ2) is 4.02. The summed E-state index contributed by atoms with van der Waals surface area (Å²) in [6.45, 7) is 1.86. The quantitative estimate of drug-likeness (QED) is 0.909. The summed E-state index contributed by atoms with van der Waals surface area (Å²) in [4.78, 5) is 14.8. The topological polar surface area (TPSA) is 55.1 Å². The minimum atomic E-state index is -0.0791. The molecule has 0 aliphatic heterocycles. The summed E-state index contributed by atoms with van der Waals surface area (Å²) in [5, 5.41) is 3.59. The van der Waals surface area contributed by atoms with E-state index in [0.29, 0.717) is 18.0 Å². The molecule has 0 unspecified atom stereocenters. The van der Waals surface area contributed by atoms with Crippen molar-refractivity contribution in [2.75, 3.05) is 0 Å². The van der Waals surface area contributed by atoms with Gasteiger partial charge in [0.15, 0.2) is 0 Å². The SMILES string of the molecule is CC(=O)NCc1cc2cc(Br)cnc2o1. The highest BCUT2D eigenvalue weighted by Crippen LogP contribution is 2.20. The Hall–Kier alpha value is -1.36. The van der Waals surface area contributed by atoms with E-state index in [-0.39, 0.29) is 5.91 Å². The maximum absolute atomic E-state index is 10.7. The summed E-state index contributed by atoms with van der Waals surface area (Å²) in [6.07, 6.45) is 1.67. The molecule has 0 atom stereocenters. The Morgan fingerprint density at radius 3 is 3.13 bits per heavy atom. The molecule has 0 saturated heterocycles. The molecular weight excluding hydrogens is 260 g/mol. The van der Waals surface area contributed by atoms with Crippen LogP contribution in [0.2, 0.25) is 0 Å². The first-order chi connectivity index (χ1) is 7.15. The smallest absolute Gasteiger partial charge is 0.226 e. The van der Waals surface area contributed by atoms with Crippen molar-refractivity contribution < 1.29 is 9.21 Å². The summed E-state index contributed by atoms with van der Waals surface area (Å²) in [7, 11) is 0. The van der Waals surface area contributed by atoms with Crippen molar-refractivity contribution >= 4 is 32.9 Å². The number of amides is 1. The Morgan fingerprint density at radius 2 is 2.40 bits per heavy atom. The molecule has 0 aromatic carbocycles. The number of nitrogens with zero attached hydrogens (tertiary/aromatic N) is 1. The molecule has 0 bridgehead atoms. The van der Waals surface area contributed by atoms with E-state index in [0.717, 1.165) is 9.86 Å². The Morgan fingerprint density at radius 1 is 1.60 bits per heavy atom. The Balaban J connectivity index is 2.27. The van der Waals surface area contributed by atoms with E-state index in [2.05, 4.69) is 26.2 Å².